The molecule has 168 valence electrons. The van der Waals surface area contributed by atoms with E-state index >= 15 is 0 Å². The van der Waals surface area contributed by atoms with Crippen molar-refractivity contribution in [1.29, 1.82) is 0 Å². The third-order valence-electron chi connectivity index (χ3n) is 5.32. The molecule has 1 atom stereocenters. The van der Waals surface area contributed by atoms with Crippen LogP contribution in [-0.2, 0) is 18.3 Å². The second-order valence-electron chi connectivity index (χ2n) is 8.21. The highest BCUT2D eigenvalue weighted by molar-refractivity contribution is 5.94. The molecule has 0 spiro atoms. The van der Waals surface area contributed by atoms with Gasteiger partial charge in [-0.1, -0.05) is 0 Å². The number of hydrogen-bond acceptors (Lipinski definition) is 4. The minimum absolute atomic E-state index is 0.0595. The molecule has 0 saturated carbocycles. The number of benzene rings is 1. The Balaban J connectivity index is 1.57. The van der Waals surface area contributed by atoms with Crippen LogP contribution in [0.5, 0.6) is 0 Å². The van der Waals surface area contributed by atoms with Crippen LogP contribution in [0.25, 0.3) is 11.3 Å². The second kappa shape index (κ2) is 7.70. The lowest BCUT2D eigenvalue weighted by Gasteiger charge is -2.19. The summed E-state index contributed by atoms with van der Waals surface area (Å²) in [6.07, 6.45) is -2.96. The predicted octanol–water partition coefficient (Wildman–Crippen LogP) is 4.21. The zero-order chi connectivity index (χ0) is 23.3. The van der Waals surface area contributed by atoms with Crippen molar-refractivity contribution in [1.82, 2.24) is 20.1 Å². The molecule has 2 aromatic heterocycles. The number of aliphatic hydroxyl groups is 1. The van der Waals surface area contributed by atoms with Gasteiger partial charge in [-0.05, 0) is 62.2 Å². The van der Waals surface area contributed by atoms with Gasteiger partial charge in [0, 0.05) is 23.9 Å². The highest BCUT2D eigenvalue weighted by Crippen LogP contribution is 2.33. The molecule has 0 aliphatic carbocycles. The van der Waals surface area contributed by atoms with E-state index in [1.165, 1.54) is 26.0 Å². The summed E-state index contributed by atoms with van der Waals surface area (Å²) < 4.78 is 54.5. The van der Waals surface area contributed by atoms with Crippen molar-refractivity contribution < 1.29 is 27.5 Å². The van der Waals surface area contributed by atoms with Crippen LogP contribution < -0.4 is 5.32 Å². The molecular formula is C22H20F4N4O2. The van der Waals surface area contributed by atoms with E-state index in [0.29, 0.717) is 24.4 Å². The standard InChI is InChI=1S/C22H20F4N4O2/c1-21(2,32)14-7-13(8-15(23)10-14)20(31)28-16-4-6-30-18(16)11-17(29-30)12-3-5-27-19(9-12)22(24,25)26/h3,5,7-11,16,32H,4,6H2,1-2H3,(H,28,31)/t16-/m0/s1. The van der Waals surface area contributed by atoms with Gasteiger partial charge in [0.05, 0.1) is 23.0 Å². The minimum Gasteiger partial charge on any atom is -0.386 e. The maximum atomic E-state index is 14.0. The van der Waals surface area contributed by atoms with Gasteiger partial charge in [0.2, 0.25) is 0 Å². The fraction of sp³-hybridized carbons (Fsp3) is 0.318. The van der Waals surface area contributed by atoms with Gasteiger partial charge in [-0.2, -0.15) is 18.3 Å². The molecule has 1 aromatic carbocycles. The van der Waals surface area contributed by atoms with Gasteiger partial charge in [0.25, 0.3) is 5.91 Å². The number of carbonyl (C=O) groups is 1. The molecule has 3 heterocycles. The van der Waals surface area contributed by atoms with Crippen LogP contribution in [-0.4, -0.2) is 25.8 Å². The fourth-order valence-corrected chi connectivity index (χ4v) is 3.64. The number of halogens is 4. The molecule has 1 aliphatic heterocycles. The molecule has 0 bridgehead atoms. The summed E-state index contributed by atoms with van der Waals surface area (Å²) >= 11 is 0. The van der Waals surface area contributed by atoms with E-state index in [1.54, 1.807) is 10.7 Å². The van der Waals surface area contributed by atoms with Gasteiger partial charge >= 0.3 is 6.18 Å². The first-order valence-electron chi connectivity index (χ1n) is 9.87. The molecule has 1 aliphatic rings. The van der Waals surface area contributed by atoms with Crippen molar-refractivity contribution in [3.05, 3.63) is 70.9 Å². The summed E-state index contributed by atoms with van der Waals surface area (Å²) in [5.41, 5.74) is -0.776. The van der Waals surface area contributed by atoms with Crippen LogP contribution >= 0.6 is 0 Å². The number of carbonyl (C=O) groups excluding carboxylic acids is 1. The Morgan fingerprint density at radius 3 is 2.62 bits per heavy atom. The number of pyridine rings is 1. The summed E-state index contributed by atoms with van der Waals surface area (Å²) in [5.74, 6) is -1.17. The van der Waals surface area contributed by atoms with Crippen molar-refractivity contribution >= 4 is 5.91 Å². The predicted molar refractivity (Wildman–Crippen MR) is 107 cm³/mol. The molecule has 2 N–H and O–H groups in total. The molecule has 32 heavy (non-hydrogen) atoms. The molecule has 3 aromatic rings. The normalized spacial score (nSPS) is 16.2. The Bertz CT molecular complexity index is 1180. The number of fused-ring (bicyclic) bond motifs is 1. The Kier molecular flexibility index (Phi) is 5.28. The fourth-order valence-electron chi connectivity index (χ4n) is 3.64. The van der Waals surface area contributed by atoms with Crippen LogP contribution in [0.15, 0.2) is 42.6 Å². The summed E-state index contributed by atoms with van der Waals surface area (Å²) in [4.78, 5) is 16.1. The average molecular weight is 448 g/mol. The first-order chi connectivity index (χ1) is 14.9. The minimum atomic E-state index is -4.57. The van der Waals surface area contributed by atoms with Crippen molar-refractivity contribution in [2.45, 2.75) is 44.6 Å². The van der Waals surface area contributed by atoms with Gasteiger partial charge in [0.1, 0.15) is 11.5 Å². The zero-order valence-electron chi connectivity index (χ0n) is 17.2. The van der Waals surface area contributed by atoms with E-state index in [0.717, 1.165) is 24.4 Å². The molecule has 10 heteroatoms. The van der Waals surface area contributed by atoms with Crippen LogP contribution in [0.1, 0.15) is 53.6 Å². The molecule has 4 rings (SSSR count). The molecule has 1 amide bonds. The summed E-state index contributed by atoms with van der Waals surface area (Å²) in [6, 6.07) is 7.21. The number of hydrogen-bond donors (Lipinski definition) is 2. The van der Waals surface area contributed by atoms with E-state index in [9.17, 15) is 27.5 Å². The average Bonchev–Trinajstić information content (AvgIpc) is 3.28. The second-order valence-corrected chi connectivity index (χ2v) is 8.21. The Labute approximate surface area is 180 Å². The van der Waals surface area contributed by atoms with Crippen LogP contribution in [0.4, 0.5) is 17.6 Å². The zero-order valence-corrected chi connectivity index (χ0v) is 17.2. The van der Waals surface area contributed by atoms with Gasteiger partial charge in [-0.3, -0.25) is 14.5 Å². The van der Waals surface area contributed by atoms with Gasteiger partial charge in [0.15, 0.2) is 0 Å². The number of aromatic nitrogens is 3. The van der Waals surface area contributed by atoms with Gasteiger partial charge in [-0.15, -0.1) is 0 Å². The lowest BCUT2D eigenvalue weighted by Crippen LogP contribution is -2.28. The SMILES string of the molecule is CC(C)(O)c1cc(F)cc(C(=O)N[C@H]2CCn3nc(-c4ccnc(C(F)(F)F)c4)cc32)c1. The highest BCUT2D eigenvalue weighted by atomic mass is 19.4. The molecular weight excluding hydrogens is 428 g/mol. The Morgan fingerprint density at radius 1 is 1.19 bits per heavy atom. The van der Waals surface area contributed by atoms with Crippen molar-refractivity contribution in [2.24, 2.45) is 0 Å². The van der Waals surface area contributed by atoms with Crippen molar-refractivity contribution in [3.8, 4) is 11.3 Å². The summed E-state index contributed by atoms with van der Waals surface area (Å²) in [6.45, 7) is 3.45. The van der Waals surface area contributed by atoms with Crippen LogP contribution in [0.2, 0.25) is 0 Å². The Hall–Kier alpha value is -3.27. The highest BCUT2D eigenvalue weighted by Gasteiger charge is 2.33. The number of aryl methyl sites for hydroxylation is 1. The lowest BCUT2D eigenvalue weighted by atomic mass is 9.96. The molecule has 0 fully saturated rings. The topological polar surface area (TPSA) is 80.0 Å². The van der Waals surface area contributed by atoms with Crippen molar-refractivity contribution in [2.75, 3.05) is 0 Å². The Morgan fingerprint density at radius 2 is 1.94 bits per heavy atom. The van der Waals surface area contributed by atoms with E-state index in [-0.39, 0.29) is 16.7 Å². The number of nitrogens with zero attached hydrogens (tertiary/aromatic N) is 3. The summed E-state index contributed by atoms with van der Waals surface area (Å²) in [5, 5.41) is 17.3. The first-order valence-corrected chi connectivity index (χ1v) is 9.87. The number of amides is 1. The molecule has 0 radical (unpaired) electrons. The molecule has 6 nitrogen and oxygen atoms in total. The van der Waals surface area contributed by atoms with Gasteiger partial charge in [-0.25, -0.2) is 4.39 Å². The maximum Gasteiger partial charge on any atom is 0.433 e. The molecule has 0 saturated heterocycles. The third kappa shape index (κ3) is 4.36. The molecule has 0 unspecified atom stereocenters. The third-order valence-corrected chi connectivity index (χ3v) is 5.32. The monoisotopic (exact) mass is 448 g/mol. The number of alkyl halides is 3. The van der Waals surface area contributed by atoms with E-state index in [1.807, 2.05) is 0 Å². The van der Waals surface area contributed by atoms with Crippen LogP contribution in [0.3, 0.4) is 0 Å². The first kappa shape index (κ1) is 21.9. The van der Waals surface area contributed by atoms with Crippen LogP contribution in [0, 0.1) is 5.82 Å². The number of rotatable bonds is 4. The van der Waals surface area contributed by atoms with Gasteiger partial charge < -0.3 is 10.4 Å². The lowest BCUT2D eigenvalue weighted by molar-refractivity contribution is -0.141. The van der Waals surface area contributed by atoms with Crippen molar-refractivity contribution in [3.63, 3.8) is 0 Å². The largest absolute Gasteiger partial charge is 0.433 e. The quantitative estimate of drug-likeness (QED) is 0.587. The van der Waals surface area contributed by atoms with E-state index < -0.39 is 35.2 Å². The smallest absolute Gasteiger partial charge is 0.386 e. The van der Waals surface area contributed by atoms with E-state index in [4.69, 9.17) is 0 Å². The summed E-state index contributed by atoms with van der Waals surface area (Å²) in [7, 11) is 0. The number of nitrogens with one attached hydrogen (secondary N) is 1. The van der Waals surface area contributed by atoms with E-state index in [2.05, 4.69) is 15.4 Å². The maximum absolute atomic E-state index is 14.0.